The van der Waals surface area contributed by atoms with Crippen LogP contribution in [0.4, 0.5) is 0 Å². The molecule has 0 saturated heterocycles. The molecule has 2 N–H and O–H groups in total. The van der Waals surface area contributed by atoms with Gasteiger partial charge < -0.3 is 9.67 Å². The van der Waals surface area contributed by atoms with Gasteiger partial charge in [0.15, 0.2) is 0 Å². The number of carboxylic acids is 1. The Balaban J connectivity index is 1.56. The van der Waals surface area contributed by atoms with Gasteiger partial charge in [-0.05, 0) is 41.4 Å². The summed E-state index contributed by atoms with van der Waals surface area (Å²) < 4.78 is 2.08. The number of aromatic amines is 1. The quantitative estimate of drug-likeness (QED) is 0.324. The number of fused-ring (bicyclic) bond motifs is 1. The van der Waals surface area contributed by atoms with E-state index < -0.39 is 5.97 Å². The second kappa shape index (κ2) is 10.1. The van der Waals surface area contributed by atoms with Crippen molar-refractivity contribution in [2.45, 2.75) is 56.5 Å². The van der Waals surface area contributed by atoms with Crippen LogP contribution in [0.2, 0.25) is 0 Å². The summed E-state index contributed by atoms with van der Waals surface area (Å²) in [7, 11) is 0. The van der Waals surface area contributed by atoms with Gasteiger partial charge in [-0.2, -0.15) is 5.10 Å². The lowest BCUT2D eigenvalue weighted by molar-refractivity contribution is 0.0697. The lowest BCUT2D eigenvalue weighted by Gasteiger charge is -2.22. The molecule has 35 heavy (non-hydrogen) atoms. The van der Waals surface area contributed by atoms with Crippen LogP contribution >= 0.6 is 11.8 Å². The number of nitrogens with zero attached hydrogens (tertiary/aromatic N) is 3. The molecule has 2 heterocycles. The number of aromatic carboxylic acids is 1. The van der Waals surface area contributed by atoms with Gasteiger partial charge in [-0.25, -0.2) is 14.9 Å². The van der Waals surface area contributed by atoms with Crippen molar-refractivity contribution in [2.75, 3.05) is 5.75 Å². The van der Waals surface area contributed by atoms with Gasteiger partial charge in [-0.3, -0.25) is 4.79 Å². The summed E-state index contributed by atoms with van der Waals surface area (Å²) in [5, 5.41) is 17.3. The van der Waals surface area contributed by atoms with E-state index in [9.17, 15) is 14.7 Å². The largest absolute Gasteiger partial charge is 0.478 e. The molecule has 1 aliphatic carbocycles. The van der Waals surface area contributed by atoms with E-state index in [0.717, 1.165) is 40.6 Å². The minimum absolute atomic E-state index is 0.220. The van der Waals surface area contributed by atoms with Crippen molar-refractivity contribution in [2.24, 2.45) is 0 Å². The zero-order chi connectivity index (χ0) is 24.4. The Morgan fingerprint density at radius 2 is 1.86 bits per heavy atom. The first-order chi connectivity index (χ1) is 17.1. The van der Waals surface area contributed by atoms with Crippen LogP contribution in [-0.2, 0) is 6.54 Å². The zero-order valence-corrected chi connectivity index (χ0v) is 20.5. The Morgan fingerprint density at radius 1 is 1.11 bits per heavy atom. The second-order valence-corrected chi connectivity index (χ2v) is 10.2. The summed E-state index contributed by atoms with van der Waals surface area (Å²) in [4.78, 5) is 29.6. The van der Waals surface area contributed by atoms with E-state index in [4.69, 9.17) is 4.98 Å². The monoisotopic (exact) mass is 488 g/mol. The number of aromatic nitrogens is 4. The van der Waals surface area contributed by atoms with Gasteiger partial charge in [-0.1, -0.05) is 68.7 Å². The number of hydrogen-bond acceptors (Lipinski definition) is 5. The first kappa shape index (κ1) is 23.4. The molecular weight excluding hydrogens is 460 g/mol. The first-order valence-electron chi connectivity index (χ1n) is 12.1. The highest BCUT2D eigenvalue weighted by atomic mass is 32.2. The van der Waals surface area contributed by atoms with E-state index in [2.05, 4.69) is 21.7 Å². The molecule has 0 spiro atoms. The van der Waals surface area contributed by atoms with Crippen molar-refractivity contribution in [3.8, 4) is 11.1 Å². The summed E-state index contributed by atoms with van der Waals surface area (Å²) in [5.74, 6) is 1.20. The molecule has 0 radical (unpaired) electrons. The molecule has 7 nitrogen and oxygen atoms in total. The molecule has 0 unspecified atom stereocenters. The normalized spacial score (nSPS) is 14.4. The maximum atomic E-state index is 12.9. The average molecular weight is 489 g/mol. The molecule has 0 aliphatic heterocycles. The van der Waals surface area contributed by atoms with E-state index in [1.165, 1.54) is 19.3 Å². The first-order valence-corrected chi connectivity index (χ1v) is 13.1. The number of H-pyrrole nitrogens is 1. The van der Waals surface area contributed by atoms with Crippen LogP contribution in [-0.4, -0.2) is 36.6 Å². The van der Waals surface area contributed by atoms with E-state index in [-0.39, 0.29) is 11.1 Å². The second-order valence-electron chi connectivity index (χ2n) is 8.93. The Morgan fingerprint density at radius 3 is 2.57 bits per heavy atom. The number of carboxylic acid groups (broad SMARTS) is 1. The van der Waals surface area contributed by atoms with E-state index in [0.29, 0.717) is 29.1 Å². The summed E-state index contributed by atoms with van der Waals surface area (Å²) in [6, 6.07) is 14.9. The highest BCUT2D eigenvalue weighted by Gasteiger charge is 2.25. The van der Waals surface area contributed by atoms with Crippen molar-refractivity contribution in [1.82, 2.24) is 19.7 Å². The van der Waals surface area contributed by atoms with E-state index in [1.54, 1.807) is 23.9 Å². The van der Waals surface area contributed by atoms with Crippen LogP contribution in [0.5, 0.6) is 0 Å². The molecule has 0 atom stereocenters. The zero-order valence-electron chi connectivity index (χ0n) is 19.7. The van der Waals surface area contributed by atoms with Crippen molar-refractivity contribution in [3.63, 3.8) is 0 Å². The summed E-state index contributed by atoms with van der Waals surface area (Å²) in [6.07, 6.45) is 5.76. The number of thioether (sulfide) groups is 1. The summed E-state index contributed by atoms with van der Waals surface area (Å²) in [5.41, 5.74) is 3.89. The highest BCUT2D eigenvalue weighted by molar-refractivity contribution is 7.99. The lowest BCUT2D eigenvalue weighted by Crippen LogP contribution is -2.17. The predicted molar refractivity (Wildman–Crippen MR) is 138 cm³/mol. The third-order valence-electron chi connectivity index (χ3n) is 6.69. The SMILES string of the molecule is CCSc1n[nH]c(=O)c2c1nc(C1CCCCC1)n2Cc1ccc(-c2ccccc2C(=O)O)cc1. The number of rotatable bonds is 7. The highest BCUT2D eigenvalue weighted by Crippen LogP contribution is 2.35. The van der Waals surface area contributed by atoms with Gasteiger partial charge in [0.05, 0.1) is 5.56 Å². The molecule has 8 heteroatoms. The van der Waals surface area contributed by atoms with Gasteiger partial charge in [-0.15, -0.1) is 11.8 Å². The third kappa shape index (κ3) is 4.62. The number of carbonyl (C=O) groups is 1. The van der Waals surface area contributed by atoms with Crippen molar-refractivity contribution in [1.29, 1.82) is 0 Å². The van der Waals surface area contributed by atoms with Gasteiger partial charge in [0.1, 0.15) is 21.9 Å². The molecule has 2 aromatic carbocycles. The minimum Gasteiger partial charge on any atom is -0.478 e. The van der Waals surface area contributed by atoms with Crippen LogP contribution in [0.3, 0.4) is 0 Å². The number of imidazole rings is 1. The molecule has 4 aromatic rings. The number of hydrogen-bond donors (Lipinski definition) is 2. The smallest absolute Gasteiger partial charge is 0.336 e. The van der Waals surface area contributed by atoms with Crippen LogP contribution in [0.15, 0.2) is 58.4 Å². The number of nitrogens with one attached hydrogen (secondary N) is 1. The maximum Gasteiger partial charge on any atom is 0.336 e. The molecular formula is C27H28N4O3S. The van der Waals surface area contributed by atoms with Crippen LogP contribution < -0.4 is 5.56 Å². The molecule has 180 valence electrons. The lowest BCUT2D eigenvalue weighted by atomic mass is 9.88. The van der Waals surface area contributed by atoms with Crippen LogP contribution in [0, 0.1) is 0 Å². The molecule has 2 aromatic heterocycles. The average Bonchev–Trinajstić information content (AvgIpc) is 3.27. The standard InChI is InChI=1S/C27H28N4O3S/c1-2-35-26-22-23(25(32)29-30-26)31(24(28-22)19-8-4-3-5-9-19)16-17-12-14-18(15-13-17)20-10-6-7-11-21(20)27(33)34/h6-7,10-15,19H,2-5,8-9,16H2,1H3,(H,29,32)(H,33,34). The third-order valence-corrected chi connectivity index (χ3v) is 7.53. The van der Waals surface area contributed by atoms with Crippen LogP contribution in [0.1, 0.15) is 66.7 Å². The van der Waals surface area contributed by atoms with Crippen molar-refractivity contribution < 1.29 is 9.90 Å². The maximum absolute atomic E-state index is 12.9. The Hall–Kier alpha value is -3.39. The Bertz CT molecular complexity index is 1420. The van der Waals surface area contributed by atoms with Gasteiger partial charge in [0.25, 0.3) is 5.56 Å². The van der Waals surface area contributed by atoms with Gasteiger partial charge in [0, 0.05) is 12.5 Å². The fourth-order valence-electron chi connectivity index (χ4n) is 5.02. The molecule has 1 saturated carbocycles. The van der Waals surface area contributed by atoms with E-state index in [1.807, 2.05) is 36.4 Å². The Labute approximate surface area is 207 Å². The van der Waals surface area contributed by atoms with Gasteiger partial charge in [0.2, 0.25) is 0 Å². The topological polar surface area (TPSA) is 101 Å². The molecule has 5 rings (SSSR count). The summed E-state index contributed by atoms with van der Waals surface area (Å²) >= 11 is 1.59. The Kier molecular flexibility index (Phi) is 6.72. The molecule has 0 bridgehead atoms. The molecule has 1 fully saturated rings. The molecule has 0 amide bonds. The summed E-state index contributed by atoms with van der Waals surface area (Å²) in [6.45, 7) is 2.58. The fraction of sp³-hybridized carbons (Fsp3) is 0.333. The van der Waals surface area contributed by atoms with E-state index >= 15 is 0 Å². The minimum atomic E-state index is -0.944. The van der Waals surface area contributed by atoms with Crippen molar-refractivity contribution >= 4 is 28.8 Å². The fourth-order valence-corrected chi connectivity index (χ4v) is 5.68. The predicted octanol–water partition coefficient (Wildman–Crippen LogP) is 5.69. The van der Waals surface area contributed by atoms with Crippen molar-refractivity contribution in [3.05, 3.63) is 75.8 Å². The van der Waals surface area contributed by atoms with Gasteiger partial charge >= 0.3 is 5.97 Å². The van der Waals surface area contributed by atoms with Crippen LogP contribution in [0.25, 0.3) is 22.2 Å². The number of benzene rings is 2. The molecule has 1 aliphatic rings.